The Kier molecular flexibility index (Phi) is 6.88. The van der Waals surface area contributed by atoms with Crippen LogP contribution in [-0.2, 0) is 11.0 Å². The summed E-state index contributed by atoms with van der Waals surface area (Å²) in [6.45, 7) is 7.86. The molecule has 0 bridgehead atoms. The second kappa shape index (κ2) is 9.75. The molecule has 2 saturated heterocycles. The number of fused-ring (bicyclic) bond motifs is 1. The van der Waals surface area contributed by atoms with Crippen molar-refractivity contribution in [3.05, 3.63) is 52.7 Å². The average molecular weight is 536 g/mol. The first-order valence-corrected chi connectivity index (χ1v) is 13.1. The van der Waals surface area contributed by atoms with Crippen LogP contribution in [0.4, 0.5) is 23.4 Å². The highest BCUT2D eigenvalue weighted by Gasteiger charge is 2.42. The fraction of sp³-hybridized carbons (Fsp3) is 0.593. The lowest BCUT2D eigenvalue weighted by Crippen LogP contribution is -2.53. The number of aromatic nitrogens is 2. The molecule has 1 aromatic heterocycles. The van der Waals surface area contributed by atoms with Gasteiger partial charge in [0.05, 0.1) is 23.3 Å². The minimum Gasteiger partial charge on any atom is -0.387 e. The number of anilines is 1. The minimum absolute atomic E-state index is 0.117. The van der Waals surface area contributed by atoms with Gasteiger partial charge in [-0.25, -0.2) is 14.4 Å². The quantitative estimate of drug-likeness (QED) is 0.573. The van der Waals surface area contributed by atoms with E-state index >= 15 is 0 Å². The minimum atomic E-state index is -4.80. The molecule has 38 heavy (non-hydrogen) atoms. The van der Waals surface area contributed by atoms with Crippen molar-refractivity contribution in [2.75, 3.05) is 31.1 Å². The van der Waals surface area contributed by atoms with E-state index in [1.807, 2.05) is 20.8 Å². The highest BCUT2D eigenvalue weighted by atomic mass is 19.4. The van der Waals surface area contributed by atoms with Gasteiger partial charge in [-0.3, -0.25) is 4.79 Å². The van der Waals surface area contributed by atoms with E-state index in [2.05, 4.69) is 20.2 Å². The van der Waals surface area contributed by atoms with Crippen molar-refractivity contribution >= 4 is 11.7 Å². The van der Waals surface area contributed by atoms with Gasteiger partial charge in [0.1, 0.15) is 18.0 Å². The van der Waals surface area contributed by atoms with Crippen molar-refractivity contribution in [2.45, 2.75) is 75.7 Å². The normalized spacial score (nSPS) is 25.9. The Morgan fingerprint density at radius 3 is 2.50 bits per heavy atom. The van der Waals surface area contributed by atoms with E-state index in [9.17, 15) is 27.5 Å². The number of nitrogens with zero attached hydrogens (tertiary/aromatic N) is 4. The van der Waals surface area contributed by atoms with Gasteiger partial charge >= 0.3 is 6.18 Å². The maximum Gasteiger partial charge on any atom is 0.419 e. The second-order valence-corrected chi connectivity index (χ2v) is 11.3. The van der Waals surface area contributed by atoms with Crippen LogP contribution in [0, 0.1) is 5.82 Å². The molecule has 206 valence electrons. The van der Waals surface area contributed by atoms with Gasteiger partial charge in [0, 0.05) is 43.3 Å². The van der Waals surface area contributed by atoms with E-state index in [0.29, 0.717) is 44.7 Å². The zero-order chi connectivity index (χ0) is 27.4. The number of alkyl halides is 3. The summed E-state index contributed by atoms with van der Waals surface area (Å²) in [6, 6.07) is 2.51. The molecule has 2 aromatic rings. The molecule has 3 heterocycles. The zero-order valence-corrected chi connectivity index (χ0v) is 21.7. The number of amides is 1. The summed E-state index contributed by atoms with van der Waals surface area (Å²) in [5, 5.41) is 13.8. The molecule has 2 aliphatic heterocycles. The van der Waals surface area contributed by atoms with Gasteiger partial charge in [-0.2, -0.15) is 13.2 Å². The second-order valence-electron chi connectivity index (χ2n) is 11.3. The number of hydrogen-bond donors (Lipinski definition) is 2. The van der Waals surface area contributed by atoms with Crippen LogP contribution in [0.15, 0.2) is 24.5 Å². The number of nitrogens with one attached hydrogen (secondary N) is 1. The van der Waals surface area contributed by atoms with E-state index < -0.39 is 29.6 Å². The summed E-state index contributed by atoms with van der Waals surface area (Å²) in [7, 11) is 0. The number of rotatable bonds is 4. The Balaban J connectivity index is 1.37. The molecule has 4 atom stereocenters. The van der Waals surface area contributed by atoms with Crippen LogP contribution in [0.3, 0.4) is 0 Å². The number of aliphatic hydroxyl groups excluding tert-OH is 1. The molecule has 1 aliphatic carbocycles. The first kappa shape index (κ1) is 26.8. The monoisotopic (exact) mass is 535 g/mol. The smallest absolute Gasteiger partial charge is 0.387 e. The SMILES string of the molecule is C[C@@H]1C[C@H](O)c2ncnc(N3CCN(C(=O)C(c4ccc(C(F)(F)F)c(F)c4)C4CCC(C)(C)N4)CC3)c21. The summed E-state index contributed by atoms with van der Waals surface area (Å²) in [5.74, 6) is -1.52. The third-order valence-corrected chi connectivity index (χ3v) is 8.15. The number of piperazine rings is 1. The number of aliphatic hydroxyl groups is 1. The Labute approximate surface area is 219 Å². The molecule has 7 nitrogen and oxygen atoms in total. The number of benzene rings is 1. The van der Waals surface area contributed by atoms with Gasteiger partial charge in [-0.05, 0) is 56.7 Å². The Hall–Kier alpha value is -2.79. The predicted octanol–water partition coefficient (Wildman–Crippen LogP) is 4.14. The van der Waals surface area contributed by atoms with Crippen molar-refractivity contribution in [3.8, 4) is 0 Å². The summed E-state index contributed by atoms with van der Waals surface area (Å²) >= 11 is 0. The van der Waals surface area contributed by atoms with Crippen LogP contribution >= 0.6 is 0 Å². The van der Waals surface area contributed by atoms with Crippen LogP contribution in [-0.4, -0.2) is 63.6 Å². The molecular weight excluding hydrogens is 502 g/mol. The topological polar surface area (TPSA) is 81.6 Å². The summed E-state index contributed by atoms with van der Waals surface area (Å²) in [4.78, 5) is 26.4. The van der Waals surface area contributed by atoms with Gasteiger partial charge < -0.3 is 20.2 Å². The van der Waals surface area contributed by atoms with E-state index in [-0.39, 0.29) is 29.0 Å². The van der Waals surface area contributed by atoms with Crippen molar-refractivity contribution < 1.29 is 27.5 Å². The van der Waals surface area contributed by atoms with Crippen LogP contribution in [0.1, 0.15) is 80.4 Å². The van der Waals surface area contributed by atoms with E-state index in [1.165, 1.54) is 12.4 Å². The lowest BCUT2D eigenvalue weighted by atomic mass is 9.88. The van der Waals surface area contributed by atoms with Crippen molar-refractivity contribution in [3.63, 3.8) is 0 Å². The third kappa shape index (κ3) is 4.98. The lowest BCUT2D eigenvalue weighted by Gasteiger charge is -2.39. The lowest BCUT2D eigenvalue weighted by molar-refractivity contribution is -0.140. The fourth-order valence-electron chi connectivity index (χ4n) is 6.20. The van der Waals surface area contributed by atoms with Crippen LogP contribution in [0.5, 0.6) is 0 Å². The van der Waals surface area contributed by atoms with E-state index in [1.54, 1.807) is 4.90 Å². The standard InChI is InChI=1S/C27H33F4N5O2/c1-15-12-20(37)23-21(15)24(33-14-32-23)35-8-10-36(11-9-35)25(38)22(19-6-7-26(2,3)34-19)16-4-5-17(18(28)13-16)27(29,30)31/h4-5,13-15,19-20,22,34,37H,6-12H2,1-3H3/t15-,19?,20+,22?/m1/s1. The van der Waals surface area contributed by atoms with Gasteiger partial charge in [0.15, 0.2) is 0 Å². The molecule has 2 fully saturated rings. The maximum absolute atomic E-state index is 14.6. The molecule has 1 aromatic carbocycles. The molecule has 0 saturated carbocycles. The molecule has 1 amide bonds. The summed E-state index contributed by atoms with van der Waals surface area (Å²) in [6.07, 6.45) is -1.93. The molecule has 0 radical (unpaired) electrons. The van der Waals surface area contributed by atoms with Gasteiger partial charge in [0.25, 0.3) is 0 Å². The highest BCUT2D eigenvalue weighted by molar-refractivity contribution is 5.85. The van der Waals surface area contributed by atoms with Gasteiger partial charge in [-0.1, -0.05) is 13.0 Å². The van der Waals surface area contributed by atoms with Gasteiger partial charge in [-0.15, -0.1) is 0 Å². The molecule has 0 spiro atoms. The van der Waals surface area contributed by atoms with Crippen LogP contribution < -0.4 is 10.2 Å². The van der Waals surface area contributed by atoms with E-state index in [0.717, 1.165) is 29.9 Å². The number of carbonyl (C=O) groups excluding carboxylic acids is 1. The fourth-order valence-corrected chi connectivity index (χ4v) is 6.20. The summed E-state index contributed by atoms with van der Waals surface area (Å²) < 4.78 is 54.1. The van der Waals surface area contributed by atoms with Crippen molar-refractivity contribution in [2.24, 2.45) is 0 Å². The van der Waals surface area contributed by atoms with Crippen LogP contribution in [0.2, 0.25) is 0 Å². The van der Waals surface area contributed by atoms with Crippen LogP contribution in [0.25, 0.3) is 0 Å². The Morgan fingerprint density at radius 1 is 1.18 bits per heavy atom. The molecule has 5 rings (SSSR count). The summed E-state index contributed by atoms with van der Waals surface area (Å²) in [5.41, 5.74) is 0.267. The number of hydrogen-bond acceptors (Lipinski definition) is 6. The first-order chi connectivity index (χ1) is 17.9. The Bertz CT molecular complexity index is 1210. The average Bonchev–Trinajstić information content (AvgIpc) is 3.36. The molecule has 11 heteroatoms. The first-order valence-electron chi connectivity index (χ1n) is 13.1. The maximum atomic E-state index is 14.6. The predicted molar refractivity (Wildman–Crippen MR) is 133 cm³/mol. The van der Waals surface area contributed by atoms with Gasteiger partial charge in [0.2, 0.25) is 5.91 Å². The van der Waals surface area contributed by atoms with Crippen molar-refractivity contribution in [1.29, 1.82) is 0 Å². The molecule has 3 aliphatic rings. The third-order valence-electron chi connectivity index (χ3n) is 8.15. The number of carbonyl (C=O) groups is 1. The highest BCUT2D eigenvalue weighted by Crippen LogP contribution is 2.43. The van der Waals surface area contributed by atoms with E-state index in [4.69, 9.17) is 0 Å². The Morgan fingerprint density at radius 2 is 1.89 bits per heavy atom. The zero-order valence-electron chi connectivity index (χ0n) is 21.7. The molecular formula is C27H33F4N5O2. The largest absolute Gasteiger partial charge is 0.419 e. The molecule has 2 N–H and O–H groups in total. The molecule has 2 unspecified atom stereocenters. The number of halogens is 4. The van der Waals surface area contributed by atoms with Crippen molar-refractivity contribution in [1.82, 2.24) is 20.2 Å².